The zero-order valence-electron chi connectivity index (χ0n) is 13.9. The highest BCUT2D eigenvalue weighted by Gasteiger charge is 2.11. The number of hydrogen-bond donors (Lipinski definition) is 1. The highest BCUT2D eigenvalue weighted by atomic mass is 14.9. The molecule has 3 rings (SSSR count). The summed E-state index contributed by atoms with van der Waals surface area (Å²) in [6.45, 7) is 6.09. The molecule has 0 bridgehead atoms. The van der Waals surface area contributed by atoms with Gasteiger partial charge in [-0.1, -0.05) is 55.5 Å². The third-order valence-electron chi connectivity index (χ3n) is 4.11. The van der Waals surface area contributed by atoms with Crippen molar-refractivity contribution in [1.82, 2.24) is 4.98 Å². The number of benzene rings is 2. The summed E-state index contributed by atoms with van der Waals surface area (Å²) in [7, 11) is 0. The van der Waals surface area contributed by atoms with Crippen molar-refractivity contribution < 1.29 is 0 Å². The lowest BCUT2D eigenvalue weighted by atomic mass is 9.91. The maximum Gasteiger partial charge on any atom is 0.0725 e. The second-order valence-electron chi connectivity index (χ2n) is 5.93. The van der Waals surface area contributed by atoms with E-state index in [1.807, 2.05) is 36.5 Å². The average Bonchev–Trinajstić information content (AvgIpc) is 2.63. The zero-order chi connectivity index (χ0) is 16.8. The van der Waals surface area contributed by atoms with Crippen LogP contribution in [0.15, 0.2) is 85.6 Å². The van der Waals surface area contributed by atoms with E-state index < -0.39 is 0 Å². The molecule has 2 nitrogen and oxygen atoms in total. The zero-order valence-corrected chi connectivity index (χ0v) is 13.9. The second-order valence-corrected chi connectivity index (χ2v) is 5.93. The van der Waals surface area contributed by atoms with Crippen molar-refractivity contribution in [2.75, 3.05) is 5.32 Å². The lowest BCUT2D eigenvalue weighted by Gasteiger charge is -2.15. The predicted octanol–water partition coefficient (Wildman–Crippen LogP) is 6.17. The van der Waals surface area contributed by atoms with Gasteiger partial charge in [0.25, 0.3) is 0 Å². The molecule has 0 amide bonds. The molecule has 0 aliphatic rings. The minimum absolute atomic E-state index is 0.422. The Labute approximate surface area is 143 Å². The average molecular weight is 314 g/mol. The number of nitrogens with zero attached hydrogens (tertiary/aromatic N) is 1. The molecule has 24 heavy (non-hydrogen) atoms. The fraction of sp³-hybridized carbons (Fsp3) is 0.136. The number of rotatable bonds is 6. The van der Waals surface area contributed by atoms with Gasteiger partial charge in [0.05, 0.1) is 5.69 Å². The molecule has 1 aromatic heterocycles. The van der Waals surface area contributed by atoms with E-state index >= 15 is 0 Å². The molecule has 0 aliphatic carbocycles. The molecule has 0 radical (unpaired) electrons. The third kappa shape index (κ3) is 3.72. The van der Waals surface area contributed by atoms with E-state index in [1.54, 1.807) is 0 Å². The van der Waals surface area contributed by atoms with E-state index in [2.05, 4.69) is 66.3 Å². The molecular formula is C22H22N2. The van der Waals surface area contributed by atoms with Crippen molar-refractivity contribution in [3.8, 4) is 11.3 Å². The van der Waals surface area contributed by atoms with Crippen LogP contribution < -0.4 is 5.32 Å². The Hall–Kier alpha value is -2.87. The lowest BCUT2D eigenvalue weighted by molar-refractivity contribution is 0.783. The maximum absolute atomic E-state index is 4.59. The van der Waals surface area contributed by atoms with Gasteiger partial charge < -0.3 is 5.32 Å². The minimum Gasteiger partial charge on any atom is -0.355 e. The topological polar surface area (TPSA) is 24.9 Å². The van der Waals surface area contributed by atoms with Gasteiger partial charge in [-0.15, -0.1) is 6.58 Å². The largest absolute Gasteiger partial charge is 0.355 e. The Balaban J connectivity index is 1.93. The minimum atomic E-state index is 0.422. The summed E-state index contributed by atoms with van der Waals surface area (Å²) < 4.78 is 0. The van der Waals surface area contributed by atoms with Gasteiger partial charge >= 0.3 is 0 Å². The summed E-state index contributed by atoms with van der Waals surface area (Å²) in [6, 6.07) is 22.8. The molecule has 2 aromatic carbocycles. The predicted molar refractivity (Wildman–Crippen MR) is 103 cm³/mol. The number of allylic oxidation sites excluding steroid dienone is 1. The van der Waals surface area contributed by atoms with Gasteiger partial charge in [-0.3, -0.25) is 4.98 Å². The molecule has 1 unspecified atom stereocenters. The summed E-state index contributed by atoms with van der Waals surface area (Å²) >= 11 is 0. The Morgan fingerprint density at radius 3 is 2.54 bits per heavy atom. The Morgan fingerprint density at radius 1 is 1.00 bits per heavy atom. The number of hydrogen-bond acceptors (Lipinski definition) is 2. The van der Waals surface area contributed by atoms with E-state index in [4.69, 9.17) is 0 Å². The Bertz CT molecular complexity index is 809. The molecule has 1 atom stereocenters. The number of nitrogens with one attached hydrogen (secondary N) is 1. The van der Waals surface area contributed by atoms with Crippen LogP contribution in [0.3, 0.4) is 0 Å². The van der Waals surface area contributed by atoms with Crippen molar-refractivity contribution in [2.24, 2.45) is 0 Å². The van der Waals surface area contributed by atoms with E-state index in [0.717, 1.165) is 23.5 Å². The van der Waals surface area contributed by atoms with E-state index in [0.29, 0.717) is 5.92 Å². The van der Waals surface area contributed by atoms with Gasteiger partial charge in [-0.25, -0.2) is 0 Å². The van der Waals surface area contributed by atoms with Gasteiger partial charge in [0.15, 0.2) is 0 Å². The first-order chi connectivity index (χ1) is 11.8. The van der Waals surface area contributed by atoms with Crippen LogP contribution in [-0.2, 0) is 0 Å². The number of para-hydroxylation sites is 1. The summed E-state index contributed by atoms with van der Waals surface area (Å²) in [4.78, 5) is 4.59. The molecule has 0 spiro atoms. The Morgan fingerprint density at radius 2 is 1.75 bits per heavy atom. The molecule has 120 valence electrons. The molecule has 2 heteroatoms. The van der Waals surface area contributed by atoms with Crippen LogP contribution in [0.5, 0.6) is 0 Å². The van der Waals surface area contributed by atoms with E-state index in [9.17, 15) is 0 Å². The van der Waals surface area contributed by atoms with Crippen LogP contribution in [0.4, 0.5) is 11.4 Å². The second kappa shape index (κ2) is 7.60. The standard InChI is InChI=1S/C22H22N2/c1-3-9-17(2)20-12-7-8-13-21(20)22-16-19(14-15-23-22)24-18-10-5-4-6-11-18/h3-8,10-17H,1,9H2,2H3,(H,23,24). The smallest absolute Gasteiger partial charge is 0.0725 e. The fourth-order valence-corrected chi connectivity index (χ4v) is 2.88. The molecule has 1 heterocycles. The van der Waals surface area contributed by atoms with Gasteiger partial charge in [0, 0.05) is 23.1 Å². The van der Waals surface area contributed by atoms with Crippen LogP contribution >= 0.6 is 0 Å². The monoisotopic (exact) mass is 314 g/mol. The first-order valence-corrected chi connectivity index (χ1v) is 8.26. The van der Waals surface area contributed by atoms with Crippen molar-refractivity contribution in [2.45, 2.75) is 19.3 Å². The molecule has 0 saturated heterocycles. The molecule has 1 N–H and O–H groups in total. The quantitative estimate of drug-likeness (QED) is 0.550. The molecule has 0 aliphatic heterocycles. The van der Waals surface area contributed by atoms with Gasteiger partial charge in [0.2, 0.25) is 0 Å². The van der Waals surface area contributed by atoms with Gasteiger partial charge in [-0.2, -0.15) is 0 Å². The summed E-state index contributed by atoms with van der Waals surface area (Å²) in [6.07, 6.45) is 4.79. The van der Waals surface area contributed by atoms with Crippen LogP contribution in [0.1, 0.15) is 24.8 Å². The number of anilines is 2. The van der Waals surface area contributed by atoms with Crippen molar-refractivity contribution in [1.29, 1.82) is 0 Å². The third-order valence-corrected chi connectivity index (χ3v) is 4.11. The van der Waals surface area contributed by atoms with Crippen molar-refractivity contribution in [3.63, 3.8) is 0 Å². The van der Waals surface area contributed by atoms with Crippen LogP contribution in [-0.4, -0.2) is 4.98 Å². The van der Waals surface area contributed by atoms with E-state index in [-0.39, 0.29) is 0 Å². The van der Waals surface area contributed by atoms with Crippen LogP contribution in [0, 0.1) is 0 Å². The summed E-state index contributed by atoms with van der Waals surface area (Å²) in [5, 5.41) is 3.43. The molecule has 0 saturated carbocycles. The van der Waals surface area contributed by atoms with Gasteiger partial charge in [0.1, 0.15) is 0 Å². The lowest BCUT2D eigenvalue weighted by Crippen LogP contribution is -1.97. The number of aromatic nitrogens is 1. The SMILES string of the molecule is C=CCC(C)c1ccccc1-c1cc(Nc2ccccc2)ccn1. The van der Waals surface area contributed by atoms with Crippen LogP contribution in [0.2, 0.25) is 0 Å². The molecular weight excluding hydrogens is 292 g/mol. The number of pyridine rings is 1. The molecule has 3 aromatic rings. The maximum atomic E-state index is 4.59. The van der Waals surface area contributed by atoms with E-state index in [1.165, 1.54) is 11.1 Å². The van der Waals surface area contributed by atoms with Gasteiger partial charge in [-0.05, 0) is 42.2 Å². The fourth-order valence-electron chi connectivity index (χ4n) is 2.88. The highest BCUT2D eigenvalue weighted by Crippen LogP contribution is 2.31. The Kier molecular flexibility index (Phi) is 5.07. The van der Waals surface area contributed by atoms with Crippen molar-refractivity contribution in [3.05, 3.63) is 91.1 Å². The summed E-state index contributed by atoms with van der Waals surface area (Å²) in [5.74, 6) is 0.422. The van der Waals surface area contributed by atoms with Crippen LogP contribution in [0.25, 0.3) is 11.3 Å². The normalized spacial score (nSPS) is 11.7. The molecule has 0 fully saturated rings. The summed E-state index contributed by atoms with van der Waals surface area (Å²) in [5.41, 5.74) is 5.59. The first kappa shape index (κ1) is 16.0. The van der Waals surface area contributed by atoms with Crippen molar-refractivity contribution >= 4 is 11.4 Å². The first-order valence-electron chi connectivity index (χ1n) is 8.26. The highest BCUT2D eigenvalue weighted by molar-refractivity contribution is 5.70.